The molecule has 0 amide bonds. The second-order valence-electron chi connectivity index (χ2n) is 7.79. The lowest BCUT2D eigenvalue weighted by Gasteiger charge is -2.31. The minimum atomic E-state index is -4.65. The molecule has 0 radical (unpaired) electrons. The van der Waals surface area contributed by atoms with E-state index in [9.17, 15) is 21.6 Å². The minimum absolute atomic E-state index is 0.00568. The van der Waals surface area contributed by atoms with Crippen molar-refractivity contribution in [2.45, 2.75) is 42.5 Å². The molecular weight excluding hydrogens is 529 g/mol. The topological polar surface area (TPSA) is 93.7 Å². The number of piperidine rings is 1. The summed E-state index contributed by atoms with van der Waals surface area (Å²) in [5, 5.41) is 3.02. The van der Waals surface area contributed by atoms with Crippen molar-refractivity contribution in [3.63, 3.8) is 0 Å². The molecule has 1 aromatic carbocycles. The van der Waals surface area contributed by atoms with E-state index in [-0.39, 0.29) is 36.6 Å². The molecule has 8 nitrogen and oxygen atoms in total. The standard InChI is InChI=1S/C20H22BrF3N4O4S/c21-13-1-3-16(4-2-13)33(29,30)28-8-5-14(6-9-28)26-19-25-11-17(20(22,23)24)18(27-19)32-15-7-10-31-12-15/h1-4,11,14-15H,5-10,12H2,(H,25,26,27)/t15-/m0/s1. The zero-order chi connectivity index (χ0) is 23.6. The number of anilines is 1. The Hall–Kier alpha value is -1.96. The molecule has 33 heavy (non-hydrogen) atoms. The fraction of sp³-hybridized carbons (Fsp3) is 0.500. The number of nitrogens with one attached hydrogen (secondary N) is 1. The molecule has 13 heteroatoms. The number of sulfonamides is 1. The van der Waals surface area contributed by atoms with Gasteiger partial charge in [0.2, 0.25) is 21.9 Å². The predicted molar refractivity (Wildman–Crippen MR) is 116 cm³/mol. The van der Waals surface area contributed by atoms with E-state index < -0.39 is 33.7 Å². The number of halogens is 4. The van der Waals surface area contributed by atoms with E-state index in [0.29, 0.717) is 32.1 Å². The third-order valence-electron chi connectivity index (χ3n) is 5.46. The molecule has 2 saturated heterocycles. The molecule has 180 valence electrons. The average Bonchev–Trinajstić information content (AvgIpc) is 3.27. The molecule has 2 aliphatic rings. The summed E-state index contributed by atoms with van der Waals surface area (Å²) in [5.41, 5.74) is -1.05. The first-order chi connectivity index (χ1) is 15.6. The molecule has 0 aliphatic carbocycles. The largest absolute Gasteiger partial charge is 0.471 e. The second-order valence-corrected chi connectivity index (χ2v) is 10.6. The molecule has 1 aromatic heterocycles. The highest BCUT2D eigenvalue weighted by molar-refractivity contribution is 9.10. The van der Waals surface area contributed by atoms with Crippen LogP contribution in [0, 0.1) is 0 Å². The third kappa shape index (κ3) is 5.76. The number of hydrogen-bond acceptors (Lipinski definition) is 7. The van der Waals surface area contributed by atoms with Crippen molar-refractivity contribution in [3.8, 4) is 5.88 Å². The maximum atomic E-state index is 13.4. The first-order valence-corrected chi connectivity index (χ1v) is 12.6. The van der Waals surface area contributed by atoms with Gasteiger partial charge in [-0.1, -0.05) is 15.9 Å². The van der Waals surface area contributed by atoms with Gasteiger partial charge in [-0.15, -0.1) is 0 Å². The number of ether oxygens (including phenoxy) is 2. The number of hydrogen-bond donors (Lipinski definition) is 1. The van der Waals surface area contributed by atoms with Crippen LogP contribution >= 0.6 is 15.9 Å². The van der Waals surface area contributed by atoms with Crippen LogP contribution in [-0.2, 0) is 20.9 Å². The van der Waals surface area contributed by atoms with Gasteiger partial charge in [-0.25, -0.2) is 13.4 Å². The molecule has 1 N–H and O–H groups in total. The van der Waals surface area contributed by atoms with Crippen molar-refractivity contribution < 1.29 is 31.1 Å². The Bertz CT molecular complexity index is 1070. The van der Waals surface area contributed by atoms with Gasteiger partial charge in [0.05, 0.1) is 18.1 Å². The summed E-state index contributed by atoms with van der Waals surface area (Å²) >= 11 is 3.29. The molecule has 3 heterocycles. The quantitative estimate of drug-likeness (QED) is 0.586. The molecule has 0 unspecified atom stereocenters. The van der Waals surface area contributed by atoms with Gasteiger partial charge in [-0.05, 0) is 37.1 Å². The Kier molecular flexibility index (Phi) is 7.12. The summed E-state index contributed by atoms with van der Waals surface area (Å²) in [7, 11) is -3.62. The lowest BCUT2D eigenvalue weighted by molar-refractivity contribution is -0.139. The second kappa shape index (κ2) is 9.72. The maximum Gasteiger partial charge on any atom is 0.423 e. The minimum Gasteiger partial charge on any atom is -0.471 e. The van der Waals surface area contributed by atoms with Crippen molar-refractivity contribution >= 4 is 31.9 Å². The van der Waals surface area contributed by atoms with Crippen LogP contribution in [-0.4, -0.2) is 61.1 Å². The number of benzene rings is 1. The summed E-state index contributed by atoms with van der Waals surface area (Å²) in [4.78, 5) is 7.98. The molecule has 2 aromatic rings. The lowest BCUT2D eigenvalue weighted by atomic mass is 10.1. The number of rotatable bonds is 6. The Labute approximate surface area is 197 Å². The zero-order valence-corrected chi connectivity index (χ0v) is 19.8. The van der Waals surface area contributed by atoms with Crippen LogP contribution in [0.2, 0.25) is 0 Å². The van der Waals surface area contributed by atoms with Crippen LogP contribution in [0.5, 0.6) is 5.88 Å². The first-order valence-electron chi connectivity index (χ1n) is 10.3. The van der Waals surface area contributed by atoms with Gasteiger partial charge in [0.25, 0.3) is 0 Å². The highest BCUT2D eigenvalue weighted by Crippen LogP contribution is 2.36. The smallest absolute Gasteiger partial charge is 0.423 e. The lowest BCUT2D eigenvalue weighted by Crippen LogP contribution is -2.42. The van der Waals surface area contributed by atoms with Crippen LogP contribution in [0.4, 0.5) is 19.1 Å². The zero-order valence-electron chi connectivity index (χ0n) is 17.4. The normalized spacial score (nSPS) is 20.7. The highest BCUT2D eigenvalue weighted by atomic mass is 79.9. The van der Waals surface area contributed by atoms with Crippen LogP contribution in [0.3, 0.4) is 0 Å². The summed E-state index contributed by atoms with van der Waals surface area (Å²) in [6.07, 6.45) is -3.07. The van der Waals surface area contributed by atoms with Crippen LogP contribution in [0.25, 0.3) is 0 Å². The van der Waals surface area contributed by atoms with Gasteiger partial charge < -0.3 is 14.8 Å². The Balaban J connectivity index is 1.42. The van der Waals surface area contributed by atoms with E-state index in [1.165, 1.54) is 16.4 Å². The summed E-state index contributed by atoms with van der Waals surface area (Å²) in [5.74, 6) is -0.531. The van der Waals surface area contributed by atoms with Crippen LogP contribution in [0.15, 0.2) is 39.8 Å². The predicted octanol–water partition coefficient (Wildman–Crippen LogP) is 3.69. The molecular formula is C20H22BrF3N4O4S. The number of aromatic nitrogens is 2. The fourth-order valence-electron chi connectivity index (χ4n) is 3.66. The molecule has 2 aliphatic heterocycles. The third-order valence-corrected chi connectivity index (χ3v) is 7.91. The molecule has 0 saturated carbocycles. The Morgan fingerprint density at radius 3 is 2.45 bits per heavy atom. The fourth-order valence-corrected chi connectivity index (χ4v) is 5.40. The summed E-state index contributed by atoms with van der Waals surface area (Å²) < 4.78 is 78.5. The SMILES string of the molecule is O=S(=O)(c1ccc(Br)cc1)N1CCC(Nc2ncc(C(F)(F)F)c(O[C@H]3CCOC3)n2)CC1. The number of alkyl halides is 3. The molecule has 2 fully saturated rings. The van der Waals surface area contributed by atoms with Gasteiger partial charge in [-0.2, -0.15) is 22.5 Å². The highest BCUT2D eigenvalue weighted by Gasteiger charge is 2.37. The van der Waals surface area contributed by atoms with Gasteiger partial charge in [0.15, 0.2) is 0 Å². The van der Waals surface area contributed by atoms with Gasteiger partial charge in [-0.3, -0.25) is 0 Å². The van der Waals surface area contributed by atoms with Gasteiger partial charge in [0, 0.05) is 36.2 Å². The van der Waals surface area contributed by atoms with E-state index in [1.54, 1.807) is 12.1 Å². The molecule has 1 atom stereocenters. The summed E-state index contributed by atoms with van der Waals surface area (Å²) in [6, 6.07) is 6.22. The van der Waals surface area contributed by atoms with Crippen LogP contribution < -0.4 is 10.1 Å². The molecule has 0 spiro atoms. The Morgan fingerprint density at radius 1 is 1.15 bits per heavy atom. The maximum absolute atomic E-state index is 13.4. The van der Waals surface area contributed by atoms with Crippen molar-refractivity contribution in [1.29, 1.82) is 0 Å². The van der Waals surface area contributed by atoms with Crippen LogP contribution in [0.1, 0.15) is 24.8 Å². The number of nitrogens with zero attached hydrogens (tertiary/aromatic N) is 3. The van der Waals surface area contributed by atoms with E-state index >= 15 is 0 Å². The molecule has 4 rings (SSSR count). The Morgan fingerprint density at radius 2 is 1.85 bits per heavy atom. The first kappa shape index (κ1) is 24.2. The van der Waals surface area contributed by atoms with Gasteiger partial charge in [0.1, 0.15) is 11.7 Å². The van der Waals surface area contributed by atoms with Crippen molar-refractivity contribution in [2.24, 2.45) is 0 Å². The van der Waals surface area contributed by atoms with Crippen molar-refractivity contribution in [1.82, 2.24) is 14.3 Å². The van der Waals surface area contributed by atoms with E-state index in [4.69, 9.17) is 9.47 Å². The molecule has 0 bridgehead atoms. The van der Waals surface area contributed by atoms with E-state index in [0.717, 1.165) is 4.47 Å². The van der Waals surface area contributed by atoms with Crippen molar-refractivity contribution in [2.75, 3.05) is 31.6 Å². The van der Waals surface area contributed by atoms with E-state index in [2.05, 4.69) is 31.2 Å². The monoisotopic (exact) mass is 550 g/mol. The van der Waals surface area contributed by atoms with E-state index in [1.807, 2.05) is 0 Å². The average molecular weight is 551 g/mol. The van der Waals surface area contributed by atoms with Gasteiger partial charge >= 0.3 is 6.18 Å². The summed E-state index contributed by atoms with van der Waals surface area (Å²) in [6.45, 7) is 1.15. The van der Waals surface area contributed by atoms with Crippen molar-refractivity contribution in [3.05, 3.63) is 40.5 Å².